The van der Waals surface area contributed by atoms with Gasteiger partial charge in [-0.15, -0.1) is 11.3 Å². The summed E-state index contributed by atoms with van der Waals surface area (Å²) in [4.78, 5) is 23.7. The molecule has 1 atom stereocenters. The molecule has 1 unspecified atom stereocenters. The molecule has 2 N–H and O–H groups in total. The summed E-state index contributed by atoms with van der Waals surface area (Å²) >= 11 is 1.63. The third kappa shape index (κ3) is 3.48. The van der Waals surface area contributed by atoms with Gasteiger partial charge in [-0.1, -0.05) is 36.9 Å². The van der Waals surface area contributed by atoms with Gasteiger partial charge < -0.3 is 10.6 Å². The van der Waals surface area contributed by atoms with Crippen LogP contribution in [0.5, 0.6) is 0 Å². The molecule has 1 saturated heterocycles. The second-order valence-electron chi connectivity index (χ2n) is 7.60. The number of hydrogen-bond donors (Lipinski definition) is 1. The van der Waals surface area contributed by atoms with Crippen molar-refractivity contribution in [2.45, 2.75) is 18.9 Å². The van der Waals surface area contributed by atoms with E-state index in [0.717, 1.165) is 46.5 Å². The molecule has 0 bridgehead atoms. The van der Waals surface area contributed by atoms with Crippen LogP contribution in [0.4, 0.5) is 5.82 Å². The Morgan fingerprint density at radius 2 is 2.06 bits per heavy atom. The lowest BCUT2D eigenvalue weighted by Gasteiger charge is -2.32. The number of carbonyl (C=O) groups excluding carboxylic acids is 1. The number of fused-ring (bicyclic) bond motifs is 1. The van der Waals surface area contributed by atoms with Crippen LogP contribution in [0.25, 0.3) is 32.7 Å². The summed E-state index contributed by atoms with van der Waals surface area (Å²) in [5.74, 6) is 0.358. The maximum atomic E-state index is 12.2. The fourth-order valence-corrected chi connectivity index (χ4v) is 5.06. The normalized spacial score (nSPS) is 16.5. The average molecular weight is 431 g/mol. The zero-order valence-corrected chi connectivity index (χ0v) is 17.8. The number of aromatic nitrogens is 4. The van der Waals surface area contributed by atoms with Crippen LogP contribution in [0.15, 0.2) is 60.8 Å². The van der Waals surface area contributed by atoms with Crippen molar-refractivity contribution < 1.29 is 4.79 Å². The molecule has 4 aromatic rings. The summed E-state index contributed by atoms with van der Waals surface area (Å²) in [6.07, 6.45) is 4.66. The third-order valence-electron chi connectivity index (χ3n) is 5.69. The zero-order valence-electron chi connectivity index (χ0n) is 16.9. The van der Waals surface area contributed by atoms with E-state index >= 15 is 0 Å². The van der Waals surface area contributed by atoms with Gasteiger partial charge in [0.25, 0.3) is 0 Å². The number of hydrogen-bond acceptors (Lipinski definition) is 6. The zero-order chi connectivity index (χ0) is 21.4. The molecule has 0 saturated carbocycles. The third-order valence-corrected chi connectivity index (χ3v) is 6.62. The molecule has 1 aliphatic heterocycles. The SMILES string of the molecule is C=CC(=O)N1CCCC(n2nc(-c3cc(-c4ccccc4)cs3)c3c(N)ncnc32)C1. The minimum absolute atomic E-state index is 0.0248. The van der Waals surface area contributed by atoms with Crippen LogP contribution < -0.4 is 5.73 Å². The van der Waals surface area contributed by atoms with Crippen LogP contribution in [-0.4, -0.2) is 43.6 Å². The first-order valence-electron chi connectivity index (χ1n) is 10.2. The lowest BCUT2D eigenvalue weighted by Crippen LogP contribution is -2.40. The van der Waals surface area contributed by atoms with Gasteiger partial charge in [-0.2, -0.15) is 5.10 Å². The smallest absolute Gasteiger partial charge is 0.246 e. The Morgan fingerprint density at radius 3 is 2.87 bits per heavy atom. The standard InChI is InChI=1S/C23H22N6OS/c1-2-19(30)28-10-6-9-17(12-28)29-23-20(22(24)25-14-26-23)21(27-29)18-11-16(13-31-18)15-7-4-3-5-8-15/h2-5,7-8,11,13-14,17H,1,6,9-10,12H2,(H2,24,25,26). The minimum atomic E-state index is -0.0544. The fraction of sp³-hybridized carbons (Fsp3) is 0.217. The van der Waals surface area contributed by atoms with Gasteiger partial charge in [-0.25, -0.2) is 14.6 Å². The number of nitrogen functional groups attached to an aromatic ring is 1. The Hall–Kier alpha value is -3.52. The number of thiophene rings is 1. The van der Waals surface area contributed by atoms with E-state index in [4.69, 9.17) is 10.8 Å². The summed E-state index contributed by atoms with van der Waals surface area (Å²) in [5, 5.41) is 7.84. The van der Waals surface area contributed by atoms with Crippen LogP contribution >= 0.6 is 11.3 Å². The Kier molecular flexibility index (Phi) is 4.99. The highest BCUT2D eigenvalue weighted by atomic mass is 32.1. The Bertz CT molecular complexity index is 1260. The van der Waals surface area contributed by atoms with E-state index in [0.29, 0.717) is 18.0 Å². The molecule has 1 aromatic carbocycles. The number of carbonyl (C=O) groups is 1. The Labute approximate surface area is 183 Å². The number of likely N-dealkylation sites (tertiary alicyclic amines) is 1. The first-order valence-corrected chi connectivity index (χ1v) is 11.1. The molecular weight excluding hydrogens is 408 g/mol. The van der Waals surface area contributed by atoms with Gasteiger partial charge in [0.15, 0.2) is 5.65 Å². The number of amides is 1. The van der Waals surface area contributed by atoms with Crippen LogP contribution in [0, 0.1) is 0 Å². The second-order valence-corrected chi connectivity index (χ2v) is 8.51. The van der Waals surface area contributed by atoms with Gasteiger partial charge in [-0.3, -0.25) is 4.79 Å². The van der Waals surface area contributed by atoms with E-state index in [1.54, 1.807) is 11.3 Å². The van der Waals surface area contributed by atoms with Gasteiger partial charge in [0.2, 0.25) is 5.91 Å². The summed E-state index contributed by atoms with van der Waals surface area (Å²) in [5.41, 5.74) is 10.1. The molecule has 1 fully saturated rings. The van der Waals surface area contributed by atoms with E-state index in [1.807, 2.05) is 27.8 Å². The van der Waals surface area contributed by atoms with Gasteiger partial charge in [0, 0.05) is 13.1 Å². The van der Waals surface area contributed by atoms with Crippen molar-refractivity contribution in [3.05, 3.63) is 60.8 Å². The van der Waals surface area contributed by atoms with Crippen LogP contribution in [0.2, 0.25) is 0 Å². The first kappa shape index (κ1) is 19.4. The summed E-state index contributed by atoms with van der Waals surface area (Å²) in [6.45, 7) is 4.92. The summed E-state index contributed by atoms with van der Waals surface area (Å²) in [6, 6.07) is 12.4. The Balaban J connectivity index is 1.58. The van der Waals surface area contributed by atoms with Crippen molar-refractivity contribution in [1.82, 2.24) is 24.6 Å². The average Bonchev–Trinajstić information content (AvgIpc) is 3.45. The molecule has 0 radical (unpaired) electrons. The topological polar surface area (TPSA) is 89.9 Å². The highest BCUT2D eigenvalue weighted by molar-refractivity contribution is 7.14. The molecule has 8 heteroatoms. The largest absolute Gasteiger partial charge is 0.383 e. The van der Waals surface area contributed by atoms with Gasteiger partial charge in [0.1, 0.15) is 17.8 Å². The van der Waals surface area contributed by atoms with Crippen LogP contribution in [0.1, 0.15) is 18.9 Å². The predicted octanol–water partition coefficient (Wildman–Crippen LogP) is 4.15. The van der Waals surface area contributed by atoms with Crippen molar-refractivity contribution in [2.75, 3.05) is 18.8 Å². The van der Waals surface area contributed by atoms with Crippen LogP contribution in [0.3, 0.4) is 0 Å². The number of anilines is 1. The Morgan fingerprint density at radius 1 is 1.23 bits per heavy atom. The lowest BCUT2D eigenvalue weighted by atomic mass is 10.1. The van der Waals surface area contributed by atoms with Crippen molar-refractivity contribution in [3.63, 3.8) is 0 Å². The van der Waals surface area contributed by atoms with E-state index in [-0.39, 0.29) is 11.9 Å². The molecule has 1 aliphatic rings. The van der Waals surface area contributed by atoms with Gasteiger partial charge in [0.05, 0.1) is 16.3 Å². The number of nitrogens with zero attached hydrogens (tertiary/aromatic N) is 5. The van der Waals surface area contributed by atoms with E-state index in [9.17, 15) is 4.79 Å². The van der Waals surface area contributed by atoms with E-state index in [2.05, 4.69) is 40.1 Å². The van der Waals surface area contributed by atoms with Crippen molar-refractivity contribution >= 4 is 34.1 Å². The molecule has 0 spiro atoms. The van der Waals surface area contributed by atoms with Crippen LogP contribution in [-0.2, 0) is 4.79 Å². The highest BCUT2D eigenvalue weighted by Crippen LogP contribution is 2.38. The molecule has 4 heterocycles. The maximum Gasteiger partial charge on any atom is 0.246 e. The molecular formula is C23H22N6OS. The molecule has 7 nitrogen and oxygen atoms in total. The van der Waals surface area contributed by atoms with E-state index in [1.165, 1.54) is 12.4 Å². The monoisotopic (exact) mass is 430 g/mol. The second kappa shape index (κ2) is 7.96. The highest BCUT2D eigenvalue weighted by Gasteiger charge is 2.28. The fourth-order valence-electron chi connectivity index (χ4n) is 4.15. The van der Waals surface area contributed by atoms with E-state index < -0.39 is 0 Å². The number of benzene rings is 1. The van der Waals surface area contributed by atoms with Crippen molar-refractivity contribution in [2.24, 2.45) is 0 Å². The maximum absolute atomic E-state index is 12.2. The number of rotatable bonds is 4. The van der Waals surface area contributed by atoms with Gasteiger partial charge >= 0.3 is 0 Å². The molecule has 1 amide bonds. The molecule has 156 valence electrons. The quantitative estimate of drug-likeness (QED) is 0.491. The van der Waals surface area contributed by atoms with Crippen molar-refractivity contribution in [3.8, 4) is 21.7 Å². The number of piperidine rings is 1. The molecule has 5 rings (SSSR count). The first-order chi connectivity index (χ1) is 15.2. The minimum Gasteiger partial charge on any atom is -0.383 e. The lowest BCUT2D eigenvalue weighted by molar-refractivity contribution is -0.127. The molecule has 0 aliphatic carbocycles. The molecule has 3 aromatic heterocycles. The van der Waals surface area contributed by atoms with Crippen molar-refractivity contribution in [1.29, 1.82) is 0 Å². The predicted molar refractivity (Wildman–Crippen MR) is 124 cm³/mol. The molecule has 31 heavy (non-hydrogen) atoms. The summed E-state index contributed by atoms with van der Waals surface area (Å²) in [7, 11) is 0. The number of nitrogens with two attached hydrogens (primary N) is 1. The summed E-state index contributed by atoms with van der Waals surface area (Å²) < 4.78 is 1.92. The van der Waals surface area contributed by atoms with Gasteiger partial charge in [-0.05, 0) is 41.5 Å².